The van der Waals surface area contributed by atoms with Crippen molar-refractivity contribution in [2.75, 3.05) is 31.1 Å². The number of rotatable bonds is 4. The Bertz CT molecular complexity index is 1030. The molecule has 0 atom stereocenters. The summed E-state index contributed by atoms with van der Waals surface area (Å²) in [7, 11) is 0. The Labute approximate surface area is 177 Å². The Morgan fingerprint density at radius 2 is 1.70 bits per heavy atom. The molecule has 0 spiro atoms. The lowest BCUT2D eigenvalue weighted by Crippen LogP contribution is -2.47. The zero-order chi connectivity index (χ0) is 20.3. The summed E-state index contributed by atoms with van der Waals surface area (Å²) in [5.41, 5.74) is 2.82. The van der Waals surface area contributed by atoms with Crippen LogP contribution < -0.4 is 4.90 Å². The lowest BCUT2D eigenvalue weighted by atomic mass is 10.00. The van der Waals surface area contributed by atoms with E-state index in [-0.39, 0.29) is 0 Å². The predicted octanol–water partition coefficient (Wildman–Crippen LogP) is 3.81. The normalized spacial score (nSPS) is 18.6. The average Bonchev–Trinajstić information content (AvgIpc) is 3.23. The van der Waals surface area contributed by atoms with Crippen molar-refractivity contribution >= 4 is 16.9 Å². The Morgan fingerprint density at radius 1 is 0.933 bits per heavy atom. The third kappa shape index (κ3) is 3.78. The molecule has 2 aliphatic heterocycles. The summed E-state index contributed by atoms with van der Waals surface area (Å²) in [6, 6.07) is 12.8. The third-order valence-electron chi connectivity index (χ3n) is 6.64. The number of anilines is 1. The van der Waals surface area contributed by atoms with E-state index in [1.54, 1.807) is 6.33 Å². The molecular formula is C24H28N6. The van der Waals surface area contributed by atoms with Gasteiger partial charge in [0.2, 0.25) is 0 Å². The van der Waals surface area contributed by atoms with Gasteiger partial charge in [0.1, 0.15) is 17.8 Å². The highest BCUT2D eigenvalue weighted by Crippen LogP contribution is 2.29. The number of nitrogens with zero attached hydrogens (tertiary/aromatic N) is 6. The molecule has 2 aromatic heterocycles. The van der Waals surface area contributed by atoms with Crippen LogP contribution in [0.1, 0.15) is 43.2 Å². The molecular weight excluding hydrogens is 372 g/mol. The van der Waals surface area contributed by atoms with Crippen LogP contribution in [-0.4, -0.2) is 51.7 Å². The Hall–Kier alpha value is -2.91. The topological polar surface area (TPSA) is 61.0 Å². The zero-order valence-corrected chi connectivity index (χ0v) is 17.4. The highest BCUT2D eigenvalue weighted by molar-refractivity contribution is 5.88. The van der Waals surface area contributed by atoms with E-state index in [1.807, 2.05) is 24.3 Å². The fourth-order valence-corrected chi connectivity index (χ4v) is 4.98. The summed E-state index contributed by atoms with van der Waals surface area (Å²) in [6.07, 6.45) is 10.4. The second-order valence-electron chi connectivity index (χ2n) is 8.50. The predicted molar refractivity (Wildman–Crippen MR) is 118 cm³/mol. The van der Waals surface area contributed by atoms with E-state index in [0.717, 1.165) is 48.1 Å². The molecule has 0 unspecified atom stereocenters. The minimum absolute atomic E-state index is 0.689. The number of hydrogen-bond donors (Lipinski definition) is 0. The number of nitriles is 1. The number of likely N-dealkylation sites (tertiary alicyclic amines) is 1. The summed E-state index contributed by atoms with van der Waals surface area (Å²) in [6.45, 7) is 5.42. The maximum atomic E-state index is 8.99. The van der Waals surface area contributed by atoms with Crippen molar-refractivity contribution < 1.29 is 0 Å². The molecule has 154 valence electrons. The molecule has 0 bridgehead atoms. The molecule has 0 amide bonds. The van der Waals surface area contributed by atoms with Gasteiger partial charge in [-0.1, -0.05) is 18.6 Å². The van der Waals surface area contributed by atoms with Crippen LogP contribution in [0.4, 0.5) is 5.82 Å². The van der Waals surface area contributed by atoms with Gasteiger partial charge in [0.25, 0.3) is 0 Å². The number of benzene rings is 1. The second-order valence-corrected chi connectivity index (χ2v) is 8.50. The highest BCUT2D eigenvalue weighted by Gasteiger charge is 2.27. The van der Waals surface area contributed by atoms with Crippen molar-refractivity contribution in [1.29, 1.82) is 5.26 Å². The fraction of sp³-hybridized carbons (Fsp3) is 0.458. The fourth-order valence-electron chi connectivity index (χ4n) is 4.98. The molecule has 6 nitrogen and oxygen atoms in total. The summed E-state index contributed by atoms with van der Waals surface area (Å²) < 4.78 is 2.17. The number of hydrogen-bond acceptors (Lipinski definition) is 5. The molecule has 30 heavy (non-hydrogen) atoms. The third-order valence-corrected chi connectivity index (χ3v) is 6.64. The van der Waals surface area contributed by atoms with E-state index in [2.05, 4.69) is 42.7 Å². The monoisotopic (exact) mass is 400 g/mol. The van der Waals surface area contributed by atoms with Crippen molar-refractivity contribution in [3.63, 3.8) is 0 Å². The van der Waals surface area contributed by atoms with Crippen LogP contribution in [0.3, 0.4) is 0 Å². The largest absolute Gasteiger partial charge is 0.356 e. The first-order chi connectivity index (χ1) is 14.8. The van der Waals surface area contributed by atoms with E-state index in [9.17, 15) is 0 Å². The smallest absolute Gasteiger partial charge is 0.145 e. The van der Waals surface area contributed by atoms with Crippen LogP contribution in [-0.2, 0) is 6.54 Å². The Kier molecular flexibility index (Phi) is 5.37. The van der Waals surface area contributed by atoms with Gasteiger partial charge in [0.05, 0.1) is 17.0 Å². The van der Waals surface area contributed by atoms with E-state index in [4.69, 9.17) is 5.26 Å². The van der Waals surface area contributed by atoms with Gasteiger partial charge >= 0.3 is 0 Å². The van der Waals surface area contributed by atoms with Crippen LogP contribution in [0.25, 0.3) is 11.0 Å². The molecule has 5 rings (SSSR count). The first kappa shape index (κ1) is 19.1. The van der Waals surface area contributed by atoms with Gasteiger partial charge in [-0.2, -0.15) is 5.26 Å². The zero-order valence-electron chi connectivity index (χ0n) is 17.4. The number of aromatic nitrogens is 3. The lowest BCUT2D eigenvalue weighted by molar-refractivity contribution is 0.141. The lowest BCUT2D eigenvalue weighted by Gasteiger charge is -2.40. The van der Waals surface area contributed by atoms with E-state index in [0.29, 0.717) is 5.56 Å². The molecule has 0 N–H and O–H groups in total. The first-order valence-electron chi connectivity index (χ1n) is 11.1. The van der Waals surface area contributed by atoms with Gasteiger partial charge in [0, 0.05) is 31.9 Å². The number of fused-ring (bicyclic) bond motifs is 1. The summed E-state index contributed by atoms with van der Waals surface area (Å²) in [5.74, 6) is 1.07. The van der Waals surface area contributed by atoms with Crippen LogP contribution >= 0.6 is 0 Å². The van der Waals surface area contributed by atoms with Crippen molar-refractivity contribution in [3.8, 4) is 6.07 Å². The van der Waals surface area contributed by atoms with Gasteiger partial charge in [-0.3, -0.25) is 0 Å². The van der Waals surface area contributed by atoms with Crippen LogP contribution in [0, 0.1) is 11.3 Å². The summed E-state index contributed by atoms with van der Waals surface area (Å²) >= 11 is 0. The Morgan fingerprint density at radius 3 is 2.43 bits per heavy atom. The number of piperidine rings is 2. The highest BCUT2D eigenvalue weighted by atomic mass is 15.2. The minimum atomic E-state index is 0.689. The molecule has 2 saturated heterocycles. The average molecular weight is 401 g/mol. The van der Waals surface area contributed by atoms with Crippen LogP contribution in [0.2, 0.25) is 0 Å². The van der Waals surface area contributed by atoms with Gasteiger partial charge in [-0.05, 0) is 62.5 Å². The SMILES string of the molecule is N#Cc1ccc(Cn2ccc3c(N4CCC(N5CCCCC5)CC4)ncnc32)cc1. The minimum Gasteiger partial charge on any atom is -0.356 e. The van der Waals surface area contributed by atoms with Crippen LogP contribution in [0.15, 0.2) is 42.9 Å². The maximum absolute atomic E-state index is 8.99. The van der Waals surface area contributed by atoms with Crippen molar-refractivity contribution in [3.05, 3.63) is 54.0 Å². The van der Waals surface area contributed by atoms with Gasteiger partial charge in [0.15, 0.2) is 0 Å². The second kappa shape index (κ2) is 8.45. The molecule has 0 saturated carbocycles. The molecule has 2 aliphatic rings. The Balaban J connectivity index is 1.32. The van der Waals surface area contributed by atoms with Gasteiger partial charge in [-0.25, -0.2) is 9.97 Å². The van der Waals surface area contributed by atoms with Crippen molar-refractivity contribution in [2.45, 2.75) is 44.7 Å². The molecule has 4 heterocycles. The summed E-state index contributed by atoms with van der Waals surface area (Å²) in [4.78, 5) is 14.4. The molecule has 2 fully saturated rings. The maximum Gasteiger partial charge on any atom is 0.145 e. The van der Waals surface area contributed by atoms with E-state index in [1.165, 1.54) is 45.2 Å². The standard InChI is InChI=1S/C24H28N6/c25-16-19-4-6-20(7-5-19)17-30-15-10-22-23(26-18-27-24(22)30)29-13-8-21(9-14-29)28-11-2-1-3-12-28/h4-7,10,15,18,21H,1-3,8-9,11-14,17H2. The van der Waals surface area contributed by atoms with Gasteiger partial charge < -0.3 is 14.4 Å². The molecule has 0 radical (unpaired) electrons. The molecule has 6 heteroatoms. The van der Waals surface area contributed by atoms with E-state index >= 15 is 0 Å². The molecule has 3 aromatic rings. The van der Waals surface area contributed by atoms with Crippen LogP contribution in [0.5, 0.6) is 0 Å². The van der Waals surface area contributed by atoms with Crippen molar-refractivity contribution in [2.24, 2.45) is 0 Å². The van der Waals surface area contributed by atoms with E-state index < -0.39 is 0 Å². The molecule has 1 aromatic carbocycles. The summed E-state index contributed by atoms with van der Waals surface area (Å²) in [5, 5.41) is 10.1. The van der Waals surface area contributed by atoms with Crippen molar-refractivity contribution in [1.82, 2.24) is 19.4 Å². The quantitative estimate of drug-likeness (QED) is 0.667. The molecule has 0 aliphatic carbocycles. The first-order valence-corrected chi connectivity index (χ1v) is 11.1. The van der Waals surface area contributed by atoms with Gasteiger partial charge in [-0.15, -0.1) is 0 Å².